The SMILES string of the molecule is O=C(Cc1ccccc1F)N1CC[C@@](O)(CN2CCC(F)(F)CC2)C1. The maximum absolute atomic E-state index is 13.7. The molecular formula is C18H23F3N2O2. The number of carbonyl (C=O) groups is 1. The van der Waals surface area contributed by atoms with Gasteiger partial charge in [0.1, 0.15) is 5.82 Å². The summed E-state index contributed by atoms with van der Waals surface area (Å²) in [7, 11) is 0. The fourth-order valence-corrected chi connectivity index (χ4v) is 3.57. The number of likely N-dealkylation sites (tertiary alicyclic amines) is 2. The molecule has 0 saturated carbocycles. The molecule has 0 spiro atoms. The molecule has 1 atom stereocenters. The van der Waals surface area contributed by atoms with Gasteiger partial charge in [-0.15, -0.1) is 0 Å². The molecular weight excluding hydrogens is 333 g/mol. The van der Waals surface area contributed by atoms with Crippen LogP contribution in [0.2, 0.25) is 0 Å². The van der Waals surface area contributed by atoms with Gasteiger partial charge in [0.2, 0.25) is 5.91 Å². The summed E-state index contributed by atoms with van der Waals surface area (Å²) < 4.78 is 40.1. The van der Waals surface area contributed by atoms with Gasteiger partial charge in [0.15, 0.2) is 0 Å². The molecule has 2 fully saturated rings. The normalized spacial score (nSPS) is 26.8. The summed E-state index contributed by atoms with van der Waals surface area (Å²) in [5.41, 5.74) is -0.751. The highest BCUT2D eigenvalue weighted by Gasteiger charge is 2.42. The van der Waals surface area contributed by atoms with Crippen molar-refractivity contribution in [3.63, 3.8) is 0 Å². The van der Waals surface area contributed by atoms with Crippen LogP contribution in [0, 0.1) is 5.82 Å². The van der Waals surface area contributed by atoms with E-state index in [0.717, 1.165) is 0 Å². The molecule has 1 aromatic rings. The Bertz CT molecular complexity index is 631. The largest absolute Gasteiger partial charge is 0.387 e. The minimum atomic E-state index is -2.61. The van der Waals surface area contributed by atoms with E-state index in [1.54, 1.807) is 18.2 Å². The number of carbonyl (C=O) groups excluding carboxylic acids is 1. The fourth-order valence-electron chi connectivity index (χ4n) is 3.57. The number of hydrogen-bond donors (Lipinski definition) is 1. The molecule has 2 aliphatic heterocycles. The van der Waals surface area contributed by atoms with Crippen LogP contribution in [0.1, 0.15) is 24.8 Å². The van der Waals surface area contributed by atoms with E-state index in [9.17, 15) is 23.1 Å². The second-order valence-corrected chi connectivity index (χ2v) is 7.19. The van der Waals surface area contributed by atoms with E-state index in [4.69, 9.17) is 0 Å². The summed E-state index contributed by atoms with van der Waals surface area (Å²) in [4.78, 5) is 15.7. The Balaban J connectivity index is 1.53. The highest BCUT2D eigenvalue weighted by Crippen LogP contribution is 2.30. The summed E-state index contributed by atoms with van der Waals surface area (Å²) >= 11 is 0. The molecule has 1 amide bonds. The minimum absolute atomic E-state index is 0.0430. The summed E-state index contributed by atoms with van der Waals surface area (Å²) in [6.07, 6.45) is -0.0282. The molecule has 1 N–H and O–H groups in total. The van der Waals surface area contributed by atoms with Gasteiger partial charge in [0, 0.05) is 39.0 Å². The zero-order chi connectivity index (χ0) is 18.1. The van der Waals surface area contributed by atoms with Crippen molar-refractivity contribution >= 4 is 5.91 Å². The van der Waals surface area contributed by atoms with Gasteiger partial charge in [-0.3, -0.25) is 9.69 Å². The Hall–Kier alpha value is -1.60. The molecule has 138 valence electrons. The second kappa shape index (κ2) is 6.96. The van der Waals surface area contributed by atoms with Gasteiger partial charge < -0.3 is 10.0 Å². The summed E-state index contributed by atoms with van der Waals surface area (Å²) in [5, 5.41) is 10.7. The Labute approximate surface area is 145 Å². The average Bonchev–Trinajstić information content (AvgIpc) is 2.94. The van der Waals surface area contributed by atoms with Crippen LogP contribution in [-0.2, 0) is 11.2 Å². The smallest absolute Gasteiger partial charge is 0.250 e. The van der Waals surface area contributed by atoms with Crippen molar-refractivity contribution in [3.05, 3.63) is 35.6 Å². The molecule has 0 unspecified atom stereocenters. The van der Waals surface area contributed by atoms with Crippen LogP contribution in [0.3, 0.4) is 0 Å². The summed E-state index contributed by atoms with van der Waals surface area (Å²) in [6, 6.07) is 6.14. The third kappa shape index (κ3) is 4.52. The number of halogens is 3. The van der Waals surface area contributed by atoms with Crippen molar-refractivity contribution < 1.29 is 23.1 Å². The molecule has 2 aliphatic rings. The second-order valence-electron chi connectivity index (χ2n) is 7.19. The van der Waals surface area contributed by atoms with E-state index in [1.165, 1.54) is 11.0 Å². The lowest BCUT2D eigenvalue weighted by molar-refractivity contribution is -0.130. The molecule has 4 nitrogen and oxygen atoms in total. The molecule has 2 heterocycles. The van der Waals surface area contributed by atoms with Crippen molar-refractivity contribution in [1.82, 2.24) is 9.80 Å². The number of nitrogens with zero attached hydrogens (tertiary/aromatic N) is 2. The van der Waals surface area contributed by atoms with Crippen LogP contribution in [-0.4, -0.2) is 65.1 Å². The van der Waals surface area contributed by atoms with Crippen molar-refractivity contribution in [2.75, 3.05) is 32.7 Å². The number of rotatable bonds is 4. The Kier molecular flexibility index (Phi) is 5.06. The van der Waals surface area contributed by atoms with Crippen molar-refractivity contribution in [2.24, 2.45) is 0 Å². The molecule has 0 radical (unpaired) electrons. The zero-order valence-electron chi connectivity index (χ0n) is 14.1. The predicted molar refractivity (Wildman–Crippen MR) is 86.9 cm³/mol. The van der Waals surface area contributed by atoms with Crippen molar-refractivity contribution in [2.45, 2.75) is 37.2 Å². The molecule has 2 saturated heterocycles. The average molecular weight is 356 g/mol. The van der Waals surface area contributed by atoms with Crippen LogP contribution >= 0.6 is 0 Å². The van der Waals surface area contributed by atoms with Gasteiger partial charge in [-0.05, 0) is 18.1 Å². The van der Waals surface area contributed by atoms with Gasteiger partial charge >= 0.3 is 0 Å². The molecule has 7 heteroatoms. The van der Waals surface area contributed by atoms with Gasteiger partial charge in [-0.1, -0.05) is 18.2 Å². The van der Waals surface area contributed by atoms with E-state index >= 15 is 0 Å². The van der Waals surface area contributed by atoms with Crippen LogP contribution in [0.5, 0.6) is 0 Å². The maximum atomic E-state index is 13.7. The van der Waals surface area contributed by atoms with Crippen LogP contribution in [0.15, 0.2) is 24.3 Å². The van der Waals surface area contributed by atoms with E-state index < -0.39 is 17.3 Å². The van der Waals surface area contributed by atoms with Crippen molar-refractivity contribution in [1.29, 1.82) is 0 Å². The lowest BCUT2D eigenvalue weighted by Gasteiger charge is -2.36. The van der Waals surface area contributed by atoms with E-state index in [1.807, 2.05) is 4.90 Å². The van der Waals surface area contributed by atoms with E-state index in [2.05, 4.69) is 0 Å². The lowest BCUT2D eigenvalue weighted by atomic mass is 10.00. The van der Waals surface area contributed by atoms with Gasteiger partial charge in [-0.25, -0.2) is 13.2 Å². The number of aliphatic hydroxyl groups is 1. The first-order chi connectivity index (χ1) is 11.8. The first-order valence-corrected chi connectivity index (χ1v) is 8.60. The zero-order valence-corrected chi connectivity index (χ0v) is 14.1. The third-order valence-electron chi connectivity index (χ3n) is 5.09. The Morgan fingerprint density at radius 3 is 2.48 bits per heavy atom. The van der Waals surface area contributed by atoms with Crippen LogP contribution < -0.4 is 0 Å². The molecule has 0 aromatic heterocycles. The quantitative estimate of drug-likeness (QED) is 0.898. The van der Waals surface area contributed by atoms with Gasteiger partial charge in [0.25, 0.3) is 5.92 Å². The highest BCUT2D eigenvalue weighted by molar-refractivity contribution is 5.79. The molecule has 0 bridgehead atoms. The lowest BCUT2D eigenvalue weighted by Crippen LogP contribution is -2.49. The number of alkyl halides is 2. The molecule has 0 aliphatic carbocycles. The predicted octanol–water partition coefficient (Wildman–Crippen LogP) is 2.06. The monoisotopic (exact) mass is 356 g/mol. The van der Waals surface area contributed by atoms with Crippen LogP contribution in [0.25, 0.3) is 0 Å². The van der Waals surface area contributed by atoms with E-state index in [-0.39, 0.29) is 51.3 Å². The molecule has 25 heavy (non-hydrogen) atoms. The number of hydrogen-bond acceptors (Lipinski definition) is 3. The van der Waals surface area contributed by atoms with Crippen LogP contribution in [0.4, 0.5) is 13.2 Å². The molecule has 1 aromatic carbocycles. The van der Waals surface area contributed by atoms with Gasteiger partial charge in [0.05, 0.1) is 18.6 Å². The Morgan fingerprint density at radius 2 is 1.80 bits per heavy atom. The van der Waals surface area contributed by atoms with Gasteiger partial charge in [-0.2, -0.15) is 0 Å². The number of β-amino-alcohol motifs (C(OH)–C–C–N with tert-alkyl or cyclic N) is 1. The molecule has 3 rings (SSSR count). The van der Waals surface area contributed by atoms with E-state index in [0.29, 0.717) is 18.5 Å². The first-order valence-electron chi connectivity index (χ1n) is 8.60. The number of amides is 1. The minimum Gasteiger partial charge on any atom is -0.387 e. The first kappa shape index (κ1) is 18.2. The Morgan fingerprint density at radius 1 is 1.12 bits per heavy atom. The standard InChI is InChI=1S/C18H23F3N2O2/c19-15-4-2-1-3-14(15)11-16(24)23-10-5-17(25,13-23)12-22-8-6-18(20,21)7-9-22/h1-4,25H,5-13H2/t17-/m1/s1. The number of piperidine rings is 1. The third-order valence-corrected chi connectivity index (χ3v) is 5.09. The van der Waals surface area contributed by atoms with Crippen molar-refractivity contribution in [3.8, 4) is 0 Å². The fraction of sp³-hybridized carbons (Fsp3) is 0.611. The topological polar surface area (TPSA) is 43.8 Å². The summed E-state index contributed by atoms with van der Waals surface area (Å²) in [6.45, 7) is 1.34. The summed E-state index contributed by atoms with van der Waals surface area (Å²) in [5.74, 6) is -3.26. The maximum Gasteiger partial charge on any atom is 0.250 e. The number of benzene rings is 1. The highest BCUT2D eigenvalue weighted by atomic mass is 19.3.